The van der Waals surface area contributed by atoms with E-state index in [4.69, 9.17) is 0 Å². The number of hydrogen-bond donors (Lipinski definition) is 1. The molecule has 0 radical (unpaired) electrons. The number of benzene rings is 2. The van der Waals surface area contributed by atoms with Crippen LogP contribution in [0, 0.1) is 5.82 Å². The Balaban J connectivity index is 2.11. The van der Waals surface area contributed by atoms with Gasteiger partial charge in [-0.25, -0.2) is 9.18 Å². The molecule has 22 heavy (non-hydrogen) atoms. The van der Waals surface area contributed by atoms with Gasteiger partial charge in [0.15, 0.2) is 11.2 Å². The second-order valence-corrected chi connectivity index (χ2v) is 5.80. The molecule has 6 heteroatoms. The van der Waals surface area contributed by atoms with E-state index >= 15 is 0 Å². The van der Waals surface area contributed by atoms with Crippen LogP contribution in [-0.2, 0) is 0 Å². The molecule has 4 nitrogen and oxygen atoms in total. The summed E-state index contributed by atoms with van der Waals surface area (Å²) >= 11 is 3.50. The normalized spacial score (nSPS) is 11.4. The first kappa shape index (κ1) is 13.2. The summed E-state index contributed by atoms with van der Waals surface area (Å²) in [5.41, 5.74) is 1.77. The Morgan fingerprint density at radius 3 is 2.55 bits per heavy atom. The van der Waals surface area contributed by atoms with Gasteiger partial charge in [0.2, 0.25) is 5.52 Å². The monoisotopic (exact) mass is 358 g/mol. The van der Waals surface area contributed by atoms with Crippen LogP contribution >= 0.6 is 15.9 Å². The number of aromatic amines is 1. The van der Waals surface area contributed by atoms with Gasteiger partial charge in [0, 0.05) is 15.9 Å². The number of fused-ring (bicyclic) bond motifs is 3. The third-order valence-electron chi connectivity index (χ3n) is 3.61. The summed E-state index contributed by atoms with van der Waals surface area (Å²) in [4.78, 5) is 12.6. The highest BCUT2D eigenvalue weighted by atomic mass is 79.9. The number of nitrogens with one attached hydrogen (secondary N) is 1. The summed E-state index contributed by atoms with van der Waals surface area (Å²) in [6, 6.07) is 15.3. The Morgan fingerprint density at radius 1 is 1.05 bits per heavy atom. The molecule has 0 fully saturated rings. The summed E-state index contributed by atoms with van der Waals surface area (Å²) in [6.45, 7) is 0. The minimum Gasteiger partial charge on any atom is -0.234 e. The Labute approximate surface area is 132 Å². The average molecular weight is 359 g/mol. The zero-order chi connectivity index (χ0) is 15.3. The predicted molar refractivity (Wildman–Crippen MR) is 84.7 cm³/mol. The van der Waals surface area contributed by atoms with Crippen molar-refractivity contribution in [2.45, 2.75) is 0 Å². The van der Waals surface area contributed by atoms with Crippen molar-refractivity contribution in [3.05, 3.63) is 75.2 Å². The van der Waals surface area contributed by atoms with Gasteiger partial charge in [0.25, 0.3) is 0 Å². The highest BCUT2D eigenvalue weighted by Gasteiger charge is 2.20. The Morgan fingerprint density at radius 2 is 1.77 bits per heavy atom. The van der Waals surface area contributed by atoms with Crippen LogP contribution in [0.2, 0.25) is 0 Å². The van der Waals surface area contributed by atoms with E-state index in [0.29, 0.717) is 11.2 Å². The van der Waals surface area contributed by atoms with Crippen LogP contribution in [0.25, 0.3) is 22.1 Å². The summed E-state index contributed by atoms with van der Waals surface area (Å²) in [5, 5.41) is 4.04. The van der Waals surface area contributed by atoms with Gasteiger partial charge in [-0.1, -0.05) is 22.0 Å². The summed E-state index contributed by atoms with van der Waals surface area (Å²) in [7, 11) is 0. The molecule has 4 aromatic rings. The molecule has 0 aliphatic heterocycles. The number of hydrogen-bond acceptors (Lipinski definition) is 1. The van der Waals surface area contributed by atoms with E-state index in [1.165, 1.54) is 16.8 Å². The fourth-order valence-corrected chi connectivity index (χ4v) is 3.11. The molecule has 2 heterocycles. The maximum Gasteiger partial charge on any atom is 0.406 e. The zero-order valence-electron chi connectivity index (χ0n) is 11.3. The SMILES string of the molecule is O=c1c2cc(Br)c3ccccc3[n+]2[nH]n1-c1ccc(F)cc1. The Bertz CT molecular complexity index is 1070. The topological polar surface area (TPSA) is 41.9 Å². The molecule has 2 aromatic heterocycles. The smallest absolute Gasteiger partial charge is 0.234 e. The fourth-order valence-electron chi connectivity index (χ4n) is 2.55. The van der Waals surface area contributed by atoms with Gasteiger partial charge >= 0.3 is 5.56 Å². The first-order valence-corrected chi connectivity index (χ1v) is 7.44. The lowest BCUT2D eigenvalue weighted by atomic mass is 10.2. The number of aromatic nitrogens is 3. The lowest BCUT2D eigenvalue weighted by Crippen LogP contribution is -2.26. The molecule has 108 valence electrons. The van der Waals surface area contributed by atoms with E-state index in [2.05, 4.69) is 21.1 Å². The molecule has 0 amide bonds. The van der Waals surface area contributed by atoms with E-state index in [1.54, 1.807) is 22.7 Å². The molecule has 0 bridgehead atoms. The molecule has 0 aliphatic carbocycles. The van der Waals surface area contributed by atoms with Crippen molar-refractivity contribution in [3.63, 3.8) is 0 Å². The molecule has 0 aliphatic rings. The van der Waals surface area contributed by atoms with Crippen LogP contribution in [0.3, 0.4) is 0 Å². The van der Waals surface area contributed by atoms with Crippen LogP contribution < -0.4 is 10.1 Å². The van der Waals surface area contributed by atoms with Crippen LogP contribution in [0.4, 0.5) is 4.39 Å². The fraction of sp³-hybridized carbons (Fsp3) is 0. The van der Waals surface area contributed by atoms with Gasteiger partial charge in [0.1, 0.15) is 5.82 Å². The van der Waals surface area contributed by atoms with Crippen molar-refractivity contribution in [2.24, 2.45) is 0 Å². The average Bonchev–Trinajstić information content (AvgIpc) is 2.86. The molecule has 0 saturated carbocycles. The molecule has 2 aromatic carbocycles. The van der Waals surface area contributed by atoms with Gasteiger partial charge in [-0.05, 0) is 52.3 Å². The quantitative estimate of drug-likeness (QED) is 0.522. The van der Waals surface area contributed by atoms with Crippen molar-refractivity contribution in [2.75, 3.05) is 0 Å². The number of nitrogens with zero attached hydrogens (tertiary/aromatic N) is 2. The van der Waals surface area contributed by atoms with Gasteiger partial charge in [-0.15, -0.1) is 4.52 Å². The Kier molecular flexibility index (Phi) is 2.87. The third-order valence-corrected chi connectivity index (χ3v) is 4.27. The van der Waals surface area contributed by atoms with Gasteiger partial charge in [-0.3, -0.25) is 0 Å². The molecule has 0 unspecified atom stereocenters. The van der Waals surface area contributed by atoms with Crippen LogP contribution in [-0.4, -0.2) is 9.90 Å². The van der Waals surface area contributed by atoms with E-state index in [1.807, 2.05) is 24.3 Å². The second kappa shape index (κ2) is 4.78. The predicted octanol–water partition coefficient (Wildman–Crippen LogP) is 2.96. The first-order valence-electron chi connectivity index (χ1n) is 6.65. The minimum absolute atomic E-state index is 0.196. The van der Waals surface area contributed by atoms with Gasteiger partial charge in [-0.2, -0.15) is 0 Å². The van der Waals surface area contributed by atoms with Crippen molar-refractivity contribution < 1.29 is 8.91 Å². The standard InChI is InChI=1S/C16H9BrFN3O/c17-13-9-15-16(22)20(11-7-5-10(18)6-8-11)19-21(15)14-4-2-1-3-12(13)14/h1-9H/p+1. The minimum atomic E-state index is -0.339. The number of pyridine rings is 1. The lowest BCUT2D eigenvalue weighted by molar-refractivity contribution is -0.555. The maximum absolute atomic E-state index is 13.1. The molecule has 0 spiro atoms. The lowest BCUT2D eigenvalue weighted by Gasteiger charge is -1.97. The van der Waals surface area contributed by atoms with Crippen molar-refractivity contribution in [1.29, 1.82) is 0 Å². The van der Waals surface area contributed by atoms with Crippen molar-refractivity contribution in [3.8, 4) is 5.69 Å². The van der Waals surface area contributed by atoms with E-state index in [-0.39, 0.29) is 11.4 Å². The van der Waals surface area contributed by atoms with Gasteiger partial charge in [0.05, 0.1) is 0 Å². The molecule has 0 atom stereocenters. The molecule has 1 N–H and O–H groups in total. The second-order valence-electron chi connectivity index (χ2n) is 4.95. The highest BCUT2D eigenvalue weighted by Crippen LogP contribution is 2.21. The van der Waals surface area contributed by atoms with Gasteiger partial charge < -0.3 is 0 Å². The van der Waals surface area contributed by atoms with E-state index in [9.17, 15) is 9.18 Å². The molecular weight excluding hydrogens is 349 g/mol. The van der Waals surface area contributed by atoms with Crippen LogP contribution in [0.5, 0.6) is 0 Å². The third kappa shape index (κ3) is 1.88. The number of H-pyrrole nitrogens is 1. The molecule has 0 saturated heterocycles. The number of halogens is 2. The van der Waals surface area contributed by atoms with Crippen molar-refractivity contribution in [1.82, 2.24) is 9.90 Å². The van der Waals surface area contributed by atoms with E-state index < -0.39 is 0 Å². The largest absolute Gasteiger partial charge is 0.406 e. The number of para-hydroxylation sites is 1. The number of rotatable bonds is 1. The van der Waals surface area contributed by atoms with Crippen molar-refractivity contribution >= 4 is 32.3 Å². The molecular formula is C16H10BrFN3O+. The Hall–Kier alpha value is -2.47. The first-order chi connectivity index (χ1) is 10.6. The summed E-state index contributed by atoms with van der Waals surface area (Å²) in [5.74, 6) is -0.339. The van der Waals surface area contributed by atoms with Crippen LogP contribution in [0.15, 0.2) is 63.9 Å². The highest BCUT2D eigenvalue weighted by molar-refractivity contribution is 9.10. The molecule has 4 rings (SSSR count). The van der Waals surface area contributed by atoms with E-state index in [0.717, 1.165) is 15.4 Å². The summed E-state index contributed by atoms with van der Waals surface area (Å²) in [6.07, 6.45) is 0. The maximum atomic E-state index is 13.1. The van der Waals surface area contributed by atoms with Crippen LogP contribution in [0.1, 0.15) is 0 Å². The summed E-state index contributed by atoms with van der Waals surface area (Å²) < 4.78 is 17.0. The zero-order valence-corrected chi connectivity index (χ0v) is 12.8.